The predicted molar refractivity (Wildman–Crippen MR) is 72.4 cm³/mol. The molecule has 0 atom stereocenters. The van der Waals surface area contributed by atoms with Crippen LogP contribution in [0.2, 0.25) is 0 Å². The quantitative estimate of drug-likeness (QED) is 0.869. The van der Waals surface area contributed by atoms with E-state index < -0.39 is 5.97 Å². The molecule has 2 aromatic heterocycles. The van der Waals surface area contributed by atoms with E-state index in [1.807, 2.05) is 0 Å². The van der Waals surface area contributed by atoms with Gasteiger partial charge in [0.1, 0.15) is 5.82 Å². The van der Waals surface area contributed by atoms with Crippen molar-refractivity contribution >= 4 is 23.1 Å². The minimum Gasteiger partial charge on any atom is -0.478 e. The van der Waals surface area contributed by atoms with Gasteiger partial charge in [-0.15, -0.1) is 0 Å². The second kappa shape index (κ2) is 5.64. The van der Waals surface area contributed by atoms with E-state index in [2.05, 4.69) is 27.1 Å². The minimum atomic E-state index is -0.940. The number of anilines is 1. The molecule has 2 aromatic rings. The number of hydrogen-bond acceptors (Lipinski definition) is 4. The third-order valence-corrected chi connectivity index (χ3v) is 3.35. The monoisotopic (exact) mass is 262 g/mol. The number of carboxylic acids is 1. The molecule has 0 fully saturated rings. The van der Waals surface area contributed by atoms with Crippen molar-refractivity contribution in [1.29, 1.82) is 0 Å². The summed E-state index contributed by atoms with van der Waals surface area (Å²) in [5, 5.41) is 16.3. The molecule has 18 heavy (non-hydrogen) atoms. The summed E-state index contributed by atoms with van der Waals surface area (Å²) in [6.07, 6.45) is 0.935. The first-order valence-corrected chi connectivity index (χ1v) is 6.57. The van der Waals surface area contributed by atoms with Crippen molar-refractivity contribution < 1.29 is 9.90 Å². The Kier molecular flexibility index (Phi) is 3.94. The van der Waals surface area contributed by atoms with Crippen LogP contribution in [0.5, 0.6) is 0 Å². The van der Waals surface area contributed by atoms with Crippen molar-refractivity contribution in [3.8, 4) is 0 Å². The molecule has 0 bridgehead atoms. The zero-order chi connectivity index (χ0) is 13.0. The molecule has 0 aliphatic rings. The number of carbonyl (C=O) groups is 1. The van der Waals surface area contributed by atoms with Crippen molar-refractivity contribution in [2.75, 3.05) is 11.9 Å². The Morgan fingerprint density at radius 3 is 2.89 bits per heavy atom. The molecule has 0 amide bonds. The standard InChI is InChI=1S/C13H14N2O2S/c1-9-11(13(16)17)2-3-12(15-9)14-6-4-10-5-7-18-8-10/h2-3,5,7-8H,4,6H2,1H3,(H,14,15)(H,16,17). The molecule has 2 N–H and O–H groups in total. The third-order valence-electron chi connectivity index (χ3n) is 2.62. The van der Waals surface area contributed by atoms with Gasteiger partial charge in [-0.05, 0) is 47.9 Å². The summed E-state index contributed by atoms with van der Waals surface area (Å²) in [5.41, 5.74) is 2.08. The maximum atomic E-state index is 10.8. The fraction of sp³-hybridized carbons (Fsp3) is 0.231. The van der Waals surface area contributed by atoms with E-state index in [4.69, 9.17) is 5.11 Å². The Balaban J connectivity index is 1.94. The summed E-state index contributed by atoms with van der Waals surface area (Å²) < 4.78 is 0. The van der Waals surface area contributed by atoms with Crippen LogP contribution in [0.25, 0.3) is 0 Å². The van der Waals surface area contributed by atoms with Gasteiger partial charge < -0.3 is 10.4 Å². The summed E-state index contributed by atoms with van der Waals surface area (Å²) in [5.74, 6) is -0.224. The Morgan fingerprint density at radius 1 is 1.44 bits per heavy atom. The van der Waals surface area contributed by atoms with Gasteiger partial charge >= 0.3 is 5.97 Å². The number of rotatable bonds is 5. The highest BCUT2D eigenvalue weighted by atomic mass is 32.1. The van der Waals surface area contributed by atoms with Crippen LogP contribution < -0.4 is 5.32 Å². The normalized spacial score (nSPS) is 10.3. The van der Waals surface area contributed by atoms with Gasteiger partial charge in [0.25, 0.3) is 0 Å². The fourth-order valence-corrected chi connectivity index (χ4v) is 2.36. The minimum absolute atomic E-state index is 0.249. The van der Waals surface area contributed by atoms with Gasteiger partial charge in [-0.2, -0.15) is 11.3 Å². The van der Waals surface area contributed by atoms with E-state index in [0.29, 0.717) is 11.5 Å². The SMILES string of the molecule is Cc1nc(NCCc2ccsc2)ccc1C(=O)O. The largest absolute Gasteiger partial charge is 0.478 e. The lowest BCUT2D eigenvalue weighted by molar-refractivity contribution is 0.0695. The van der Waals surface area contributed by atoms with Gasteiger partial charge in [-0.1, -0.05) is 0 Å². The zero-order valence-corrected chi connectivity index (χ0v) is 10.8. The number of carboxylic acid groups (broad SMARTS) is 1. The first-order valence-electron chi connectivity index (χ1n) is 5.62. The highest BCUT2D eigenvalue weighted by Gasteiger charge is 2.08. The summed E-state index contributed by atoms with van der Waals surface area (Å²) >= 11 is 1.68. The Morgan fingerprint density at radius 2 is 2.28 bits per heavy atom. The van der Waals surface area contributed by atoms with Crippen LogP contribution in [0.1, 0.15) is 21.6 Å². The molecule has 4 nitrogen and oxygen atoms in total. The Labute approximate surface area is 109 Å². The van der Waals surface area contributed by atoms with E-state index in [1.54, 1.807) is 30.4 Å². The van der Waals surface area contributed by atoms with E-state index >= 15 is 0 Å². The molecule has 0 unspecified atom stereocenters. The van der Waals surface area contributed by atoms with Crippen molar-refractivity contribution in [3.05, 3.63) is 45.8 Å². The lowest BCUT2D eigenvalue weighted by Gasteiger charge is -2.07. The predicted octanol–water partition coefficient (Wildman–Crippen LogP) is 2.80. The number of nitrogens with one attached hydrogen (secondary N) is 1. The van der Waals surface area contributed by atoms with Gasteiger partial charge in [-0.25, -0.2) is 9.78 Å². The molecule has 0 saturated carbocycles. The number of nitrogens with zero attached hydrogens (tertiary/aromatic N) is 1. The van der Waals surface area contributed by atoms with E-state index in [0.717, 1.165) is 13.0 Å². The molecule has 0 spiro atoms. The first-order chi connectivity index (χ1) is 8.66. The number of aromatic nitrogens is 1. The summed E-state index contributed by atoms with van der Waals surface area (Å²) in [6.45, 7) is 2.49. The Bertz CT molecular complexity index is 538. The molecular formula is C13H14N2O2S. The van der Waals surface area contributed by atoms with Crippen LogP contribution in [0.4, 0.5) is 5.82 Å². The number of hydrogen-bond donors (Lipinski definition) is 2. The number of thiophene rings is 1. The van der Waals surface area contributed by atoms with Crippen molar-refractivity contribution in [2.24, 2.45) is 0 Å². The summed E-state index contributed by atoms with van der Waals surface area (Å²) in [6, 6.07) is 5.38. The zero-order valence-electron chi connectivity index (χ0n) is 10.0. The van der Waals surface area contributed by atoms with E-state index in [-0.39, 0.29) is 5.56 Å². The fourth-order valence-electron chi connectivity index (χ4n) is 1.66. The van der Waals surface area contributed by atoms with Gasteiger partial charge in [0.2, 0.25) is 0 Å². The van der Waals surface area contributed by atoms with Gasteiger partial charge in [0.15, 0.2) is 0 Å². The lowest BCUT2D eigenvalue weighted by Crippen LogP contribution is -2.08. The molecule has 2 heterocycles. The summed E-state index contributed by atoms with van der Waals surface area (Å²) in [7, 11) is 0. The second-order valence-corrected chi connectivity index (χ2v) is 4.72. The van der Waals surface area contributed by atoms with Crippen LogP contribution >= 0.6 is 11.3 Å². The molecule has 0 radical (unpaired) electrons. The van der Waals surface area contributed by atoms with Gasteiger partial charge in [-0.3, -0.25) is 0 Å². The third kappa shape index (κ3) is 3.07. The number of pyridine rings is 1. The number of aromatic carboxylic acids is 1. The highest BCUT2D eigenvalue weighted by Crippen LogP contribution is 2.11. The molecule has 94 valence electrons. The first kappa shape index (κ1) is 12.6. The molecule has 2 rings (SSSR count). The summed E-state index contributed by atoms with van der Waals surface area (Å²) in [4.78, 5) is 15.1. The molecule has 0 saturated heterocycles. The maximum absolute atomic E-state index is 10.8. The van der Waals surface area contributed by atoms with Crippen molar-refractivity contribution in [1.82, 2.24) is 4.98 Å². The van der Waals surface area contributed by atoms with Crippen LogP contribution in [0.3, 0.4) is 0 Å². The molecular weight excluding hydrogens is 248 g/mol. The Hall–Kier alpha value is -1.88. The van der Waals surface area contributed by atoms with Crippen molar-refractivity contribution in [3.63, 3.8) is 0 Å². The van der Waals surface area contributed by atoms with Crippen LogP contribution in [-0.4, -0.2) is 22.6 Å². The van der Waals surface area contributed by atoms with Crippen LogP contribution in [0.15, 0.2) is 29.0 Å². The lowest BCUT2D eigenvalue weighted by atomic mass is 10.2. The molecule has 5 heteroatoms. The average Bonchev–Trinajstić information content (AvgIpc) is 2.81. The average molecular weight is 262 g/mol. The highest BCUT2D eigenvalue weighted by molar-refractivity contribution is 7.07. The van der Waals surface area contributed by atoms with E-state index in [1.165, 1.54) is 5.56 Å². The molecule has 0 aromatic carbocycles. The second-order valence-electron chi connectivity index (χ2n) is 3.94. The molecule has 0 aliphatic heterocycles. The van der Waals surface area contributed by atoms with Crippen molar-refractivity contribution in [2.45, 2.75) is 13.3 Å². The number of aryl methyl sites for hydroxylation is 1. The topological polar surface area (TPSA) is 62.2 Å². The van der Waals surface area contributed by atoms with Crippen LogP contribution in [-0.2, 0) is 6.42 Å². The van der Waals surface area contributed by atoms with Gasteiger partial charge in [0.05, 0.1) is 11.3 Å². The molecule has 0 aliphatic carbocycles. The maximum Gasteiger partial charge on any atom is 0.337 e. The van der Waals surface area contributed by atoms with E-state index in [9.17, 15) is 4.79 Å². The smallest absolute Gasteiger partial charge is 0.337 e. The van der Waals surface area contributed by atoms with Crippen LogP contribution in [0, 0.1) is 6.92 Å². The van der Waals surface area contributed by atoms with Gasteiger partial charge in [0, 0.05) is 6.54 Å².